The van der Waals surface area contributed by atoms with E-state index in [1.54, 1.807) is 24.8 Å². The Balaban J connectivity index is 1.35. The molecule has 2 aliphatic heterocycles. The number of anilines is 1. The molecule has 6 nitrogen and oxygen atoms in total. The van der Waals surface area contributed by atoms with Gasteiger partial charge in [0.2, 0.25) is 5.95 Å². The van der Waals surface area contributed by atoms with Crippen LogP contribution in [0.25, 0.3) is 0 Å². The van der Waals surface area contributed by atoms with Crippen LogP contribution in [-0.2, 0) is 11.2 Å². The van der Waals surface area contributed by atoms with E-state index in [-0.39, 0.29) is 5.60 Å². The molecule has 0 radical (unpaired) electrons. The lowest BCUT2D eigenvalue weighted by molar-refractivity contribution is -0.0154. The van der Waals surface area contributed by atoms with E-state index in [9.17, 15) is 0 Å². The average molecular weight is 311 g/mol. The summed E-state index contributed by atoms with van der Waals surface area (Å²) in [5, 5.41) is 0. The van der Waals surface area contributed by atoms with Gasteiger partial charge in [0.25, 0.3) is 0 Å². The zero-order valence-electron chi connectivity index (χ0n) is 13.1. The summed E-state index contributed by atoms with van der Waals surface area (Å²) in [6.45, 7) is 2.75. The van der Waals surface area contributed by atoms with Gasteiger partial charge in [0.05, 0.1) is 17.9 Å². The zero-order chi connectivity index (χ0) is 15.5. The number of nitrogens with zero attached hydrogens (tertiary/aromatic N) is 5. The van der Waals surface area contributed by atoms with E-state index in [1.807, 2.05) is 12.3 Å². The van der Waals surface area contributed by atoms with Gasteiger partial charge in [-0.25, -0.2) is 9.97 Å². The van der Waals surface area contributed by atoms with E-state index < -0.39 is 0 Å². The SMILES string of the molecule is c1cnc(N2CCC3(CC2)CC(Cc2cnccn2)CO3)nc1. The van der Waals surface area contributed by atoms with E-state index in [4.69, 9.17) is 4.74 Å². The fourth-order valence-electron chi connectivity index (χ4n) is 3.72. The molecule has 1 spiro atoms. The van der Waals surface area contributed by atoms with Crippen molar-refractivity contribution in [1.29, 1.82) is 0 Å². The highest BCUT2D eigenvalue weighted by molar-refractivity contribution is 5.29. The van der Waals surface area contributed by atoms with Crippen molar-refractivity contribution < 1.29 is 4.74 Å². The van der Waals surface area contributed by atoms with Gasteiger partial charge in [-0.3, -0.25) is 9.97 Å². The molecule has 4 rings (SSSR count). The molecule has 2 fully saturated rings. The number of hydrogen-bond acceptors (Lipinski definition) is 6. The van der Waals surface area contributed by atoms with Crippen LogP contribution < -0.4 is 4.90 Å². The summed E-state index contributed by atoms with van der Waals surface area (Å²) < 4.78 is 6.23. The highest BCUT2D eigenvalue weighted by Crippen LogP contribution is 2.39. The minimum atomic E-state index is 0.0398. The second-order valence-electron chi connectivity index (χ2n) is 6.50. The largest absolute Gasteiger partial charge is 0.375 e. The Morgan fingerprint density at radius 1 is 1.09 bits per heavy atom. The predicted molar refractivity (Wildman–Crippen MR) is 86.0 cm³/mol. The van der Waals surface area contributed by atoms with Gasteiger partial charge in [-0.15, -0.1) is 0 Å². The lowest BCUT2D eigenvalue weighted by Crippen LogP contribution is -2.44. The highest BCUT2D eigenvalue weighted by Gasteiger charge is 2.43. The second-order valence-corrected chi connectivity index (χ2v) is 6.50. The van der Waals surface area contributed by atoms with Gasteiger partial charge in [-0.05, 0) is 37.7 Å². The van der Waals surface area contributed by atoms with Crippen molar-refractivity contribution in [2.45, 2.75) is 31.3 Å². The van der Waals surface area contributed by atoms with Crippen LogP contribution in [-0.4, -0.2) is 45.2 Å². The molecular formula is C17H21N5O. The van der Waals surface area contributed by atoms with E-state index in [1.165, 1.54) is 0 Å². The maximum Gasteiger partial charge on any atom is 0.225 e. The van der Waals surface area contributed by atoms with Crippen molar-refractivity contribution in [3.8, 4) is 0 Å². The van der Waals surface area contributed by atoms with Gasteiger partial charge in [-0.1, -0.05) is 0 Å². The normalized spacial score (nSPS) is 23.3. The molecule has 1 atom stereocenters. The third-order valence-electron chi connectivity index (χ3n) is 4.91. The standard InChI is InChI=1S/C17H21N5O/c1-4-20-16(21-5-1)22-8-2-17(3-9-22)11-14(13-23-17)10-15-12-18-6-7-19-15/h1,4-7,12,14H,2-3,8-11,13H2. The summed E-state index contributed by atoms with van der Waals surface area (Å²) in [7, 11) is 0. The molecule has 2 aliphatic rings. The quantitative estimate of drug-likeness (QED) is 0.862. The Morgan fingerprint density at radius 2 is 1.91 bits per heavy atom. The van der Waals surface area contributed by atoms with Crippen LogP contribution in [0.5, 0.6) is 0 Å². The Kier molecular flexibility index (Phi) is 3.91. The molecule has 2 saturated heterocycles. The van der Waals surface area contributed by atoms with E-state index >= 15 is 0 Å². The van der Waals surface area contributed by atoms with E-state index in [0.29, 0.717) is 5.92 Å². The first-order valence-electron chi connectivity index (χ1n) is 8.24. The van der Waals surface area contributed by atoms with Crippen LogP contribution in [0.3, 0.4) is 0 Å². The van der Waals surface area contributed by atoms with Crippen molar-refractivity contribution in [3.63, 3.8) is 0 Å². The summed E-state index contributed by atoms with van der Waals surface area (Å²) in [5.74, 6) is 1.38. The van der Waals surface area contributed by atoms with Crippen LogP contribution in [0.15, 0.2) is 37.1 Å². The lowest BCUT2D eigenvalue weighted by atomic mass is 9.84. The van der Waals surface area contributed by atoms with Crippen LogP contribution in [0.4, 0.5) is 5.95 Å². The molecule has 0 saturated carbocycles. The molecule has 0 amide bonds. The predicted octanol–water partition coefficient (Wildman–Crippen LogP) is 1.88. The molecule has 1 unspecified atom stereocenters. The number of piperidine rings is 1. The minimum absolute atomic E-state index is 0.0398. The van der Waals surface area contributed by atoms with Gasteiger partial charge >= 0.3 is 0 Å². The Hall–Kier alpha value is -2.08. The smallest absolute Gasteiger partial charge is 0.225 e. The van der Waals surface area contributed by atoms with E-state index in [2.05, 4.69) is 24.8 Å². The topological polar surface area (TPSA) is 64.0 Å². The first-order valence-corrected chi connectivity index (χ1v) is 8.24. The van der Waals surface area contributed by atoms with Crippen molar-refractivity contribution in [3.05, 3.63) is 42.7 Å². The van der Waals surface area contributed by atoms with Crippen molar-refractivity contribution in [2.24, 2.45) is 5.92 Å². The first kappa shape index (κ1) is 14.5. The van der Waals surface area contributed by atoms with Crippen LogP contribution >= 0.6 is 0 Å². The van der Waals surface area contributed by atoms with Gasteiger partial charge in [0, 0.05) is 44.1 Å². The second kappa shape index (κ2) is 6.20. The van der Waals surface area contributed by atoms with Crippen molar-refractivity contribution in [2.75, 3.05) is 24.6 Å². The molecular weight excluding hydrogens is 290 g/mol. The van der Waals surface area contributed by atoms with Crippen LogP contribution in [0, 0.1) is 5.92 Å². The molecule has 6 heteroatoms. The molecule has 0 bridgehead atoms. The lowest BCUT2D eigenvalue weighted by Gasteiger charge is -2.38. The maximum absolute atomic E-state index is 6.23. The summed E-state index contributed by atoms with van der Waals surface area (Å²) in [5.41, 5.74) is 1.10. The first-order chi connectivity index (χ1) is 11.3. The zero-order valence-corrected chi connectivity index (χ0v) is 13.1. The van der Waals surface area contributed by atoms with Crippen LogP contribution in [0.2, 0.25) is 0 Å². The highest BCUT2D eigenvalue weighted by atomic mass is 16.5. The summed E-state index contributed by atoms with van der Waals surface area (Å²) >= 11 is 0. The molecule has 0 aliphatic carbocycles. The fraction of sp³-hybridized carbons (Fsp3) is 0.529. The summed E-state index contributed by atoms with van der Waals surface area (Å²) in [4.78, 5) is 19.5. The number of hydrogen-bond donors (Lipinski definition) is 0. The molecule has 120 valence electrons. The molecule has 23 heavy (non-hydrogen) atoms. The fourth-order valence-corrected chi connectivity index (χ4v) is 3.72. The number of ether oxygens (including phenoxy) is 1. The van der Waals surface area contributed by atoms with Crippen molar-refractivity contribution in [1.82, 2.24) is 19.9 Å². The van der Waals surface area contributed by atoms with E-state index in [0.717, 1.165) is 57.0 Å². The summed E-state index contributed by atoms with van der Waals surface area (Å²) in [6, 6.07) is 1.85. The third kappa shape index (κ3) is 3.17. The molecule has 2 aromatic rings. The number of rotatable bonds is 3. The molecule has 4 heterocycles. The van der Waals surface area contributed by atoms with Crippen molar-refractivity contribution >= 4 is 5.95 Å². The molecule has 0 aromatic carbocycles. The van der Waals surface area contributed by atoms with Crippen LogP contribution in [0.1, 0.15) is 25.0 Å². The summed E-state index contributed by atoms with van der Waals surface area (Å²) in [6.07, 6.45) is 13.1. The van der Waals surface area contributed by atoms with Gasteiger partial charge in [0.1, 0.15) is 0 Å². The molecule has 0 N–H and O–H groups in total. The van der Waals surface area contributed by atoms with Gasteiger partial charge in [0.15, 0.2) is 0 Å². The Morgan fingerprint density at radius 3 is 2.65 bits per heavy atom. The Bertz CT molecular complexity index is 628. The average Bonchev–Trinajstić information content (AvgIpc) is 2.99. The van der Waals surface area contributed by atoms with Gasteiger partial charge < -0.3 is 9.64 Å². The molecule has 2 aromatic heterocycles. The van der Waals surface area contributed by atoms with Gasteiger partial charge in [-0.2, -0.15) is 0 Å². The Labute approximate surface area is 136 Å². The monoisotopic (exact) mass is 311 g/mol. The number of aromatic nitrogens is 4. The maximum atomic E-state index is 6.23. The third-order valence-corrected chi connectivity index (χ3v) is 4.91. The minimum Gasteiger partial charge on any atom is -0.375 e.